The number of aliphatic hydroxyl groups excluding tert-OH is 1. The van der Waals surface area contributed by atoms with Crippen molar-refractivity contribution in [3.8, 4) is 0 Å². The van der Waals surface area contributed by atoms with Crippen LogP contribution in [0.25, 0.3) is 0 Å². The number of benzene rings is 1. The van der Waals surface area contributed by atoms with Gasteiger partial charge in [0.15, 0.2) is 5.69 Å². The predicted molar refractivity (Wildman–Crippen MR) is 74.2 cm³/mol. The summed E-state index contributed by atoms with van der Waals surface area (Å²) >= 11 is 0. The van der Waals surface area contributed by atoms with Crippen molar-refractivity contribution in [2.75, 3.05) is 6.54 Å². The summed E-state index contributed by atoms with van der Waals surface area (Å²) in [5, 5.41) is 19.4. The third-order valence-electron chi connectivity index (χ3n) is 2.85. The highest BCUT2D eigenvalue weighted by Gasteiger charge is 2.10. The summed E-state index contributed by atoms with van der Waals surface area (Å²) in [4.78, 5) is 11.8. The van der Waals surface area contributed by atoms with Crippen molar-refractivity contribution < 1.29 is 14.3 Å². The molecule has 1 aromatic carbocycles. The third kappa shape index (κ3) is 4.64. The summed E-state index contributed by atoms with van der Waals surface area (Å²) in [5.41, 5.74) is 0.929. The van der Waals surface area contributed by atoms with Crippen molar-refractivity contribution >= 4 is 5.91 Å². The van der Waals surface area contributed by atoms with Crippen LogP contribution < -0.4 is 5.32 Å². The van der Waals surface area contributed by atoms with E-state index in [2.05, 4.69) is 15.6 Å². The smallest absolute Gasteiger partial charge is 0.273 e. The van der Waals surface area contributed by atoms with Crippen molar-refractivity contribution in [3.05, 3.63) is 47.5 Å². The zero-order chi connectivity index (χ0) is 15.2. The number of hydrogen-bond acceptors (Lipinski definition) is 4. The first-order valence-electron chi connectivity index (χ1n) is 6.65. The van der Waals surface area contributed by atoms with Crippen LogP contribution in [0, 0.1) is 5.82 Å². The number of amides is 1. The van der Waals surface area contributed by atoms with Crippen molar-refractivity contribution in [2.45, 2.75) is 26.0 Å². The van der Waals surface area contributed by atoms with E-state index in [1.807, 2.05) is 0 Å². The van der Waals surface area contributed by atoms with E-state index in [4.69, 9.17) is 5.11 Å². The SMILES string of the molecule is CC(O)CCNC(=O)c1cn(Cc2cccc(F)c2)nn1. The highest BCUT2D eigenvalue weighted by Crippen LogP contribution is 2.05. The molecule has 1 atom stereocenters. The maximum atomic E-state index is 13.1. The van der Waals surface area contributed by atoms with E-state index in [9.17, 15) is 9.18 Å². The van der Waals surface area contributed by atoms with Gasteiger partial charge >= 0.3 is 0 Å². The third-order valence-corrected chi connectivity index (χ3v) is 2.85. The number of nitrogens with one attached hydrogen (secondary N) is 1. The normalized spacial score (nSPS) is 12.1. The van der Waals surface area contributed by atoms with E-state index in [0.717, 1.165) is 5.56 Å². The Kier molecular flexibility index (Phi) is 4.99. The zero-order valence-corrected chi connectivity index (χ0v) is 11.7. The van der Waals surface area contributed by atoms with Gasteiger partial charge in [0.1, 0.15) is 5.82 Å². The fraction of sp³-hybridized carbons (Fsp3) is 0.357. The summed E-state index contributed by atoms with van der Waals surface area (Å²) < 4.78 is 14.5. The fourth-order valence-electron chi connectivity index (χ4n) is 1.79. The van der Waals surface area contributed by atoms with Crippen LogP contribution in [0.5, 0.6) is 0 Å². The molecule has 112 valence electrons. The molecule has 1 unspecified atom stereocenters. The van der Waals surface area contributed by atoms with Gasteiger partial charge in [0.25, 0.3) is 5.91 Å². The summed E-state index contributed by atoms with van der Waals surface area (Å²) in [6.07, 6.45) is 1.51. The van der Waals surface area contributed by atoms with Gasteiger partial charge in [-0.3, -0.25) is 4.79 Å². The van der Waals surface area contributed by atoms with Gasteiger partial charge in [0.2, 0.25) is 0 Å². The lowest BCUT2D eigenvalue weighted by atomic mass is 10.2. The Morgan fingerprint density at radius 2 is 2.33 bits per heavy atom. The number of nitrogens with zero attached hydrogens (tertiary/aromatic N) is 3. The number of aromatic nitrogens is 3. The molecular weight excluding hydrogens is 275 g/mol. The van der Waals surface area contributed by atoms with E-state index in [1.165, 1.54) is 23.0 Å². The molecule has 0 saturated carbocycles. The molecule has 0 fully saturated rings. The lowest BCUT2D eigenvalue weighted by molar-refractivity contribution is 0.0940. The molecule has 2 N–H and O–H groups in total. The van der Waals surface area contributed by atoms with E-state index in [1.54, 1.807) is 19.1 Å². The molecule has 0 aliphatic heterocycles. The van der Waals surface area contributed by atoms with Crippen molar-refractivity contribution in [2.24, 2.45) is 0 Å². The van der Waals surface area contributed by atoms with E-state index in [0.29, 0.717) is 19.5 Å². The number of carbonyl (C=O) groups is 1. The van der Waals surface area contributed by atoms with E-state index >= 15 is 0 Å². The Bertz CT molecular complexity index is 613. The van der Waals surface area contributed by atoms with Crippen molar-refractivity contribution in [1.29, 1.82) is 0 Å². The van der Waals surface area contributed by atoms with E-state index < -0.39 is 6.10 Å². The standard InChI is InChI=1S/C14H17FN4O2/c1-10(20)5-6-16-14(21)13-9-19(18-17-13)8-11-3-2-4-12(15)7-11/h2-4,7,9-10,20H,5-6,8H2,1H3,(H,16,21). The van der Waals surface area contributed by atoms with Gasteiger partial charge in [-0.2, -0.15) is 0 Å². The van der Waals surface area contributed by atoms with Crippen LogP contribution in [-0.2, 0) is 6.54 Å². The van der Waals surface area contributed by atoms with Crippen LogP contribution in [0.1, 0.15) is 29.4 Å². The van der Waals surface area contributed by atoms with Crippen LogP contribution in [-0.4, -0.2) is 38.7 Å². The van der Waals surface area contributed by atoms with Gasteiger partial charge in [-0.05, 0) is 31.0 Å². The number of halogens is 1. The van der Waals surface area contributed by atoms with Gasteiger partial charge < -0.3 is 10.4 Å². The second-order valence-corrected chi connectivity index (χ2v) is 4.82. The molecular formula is C14H17FN4O2. The molecule has 0 saturated heterocycles. The maximum Gasteiger partial charge on any atom is 0.273 e. The molecule has 0 bridgehead atoms. The van der Waals surface area contributed by atoms with Crippen LogP contribution in [0.3, 0.4) is 0 Å². The first-order valence-corrected chi connectivity index (χ1v) is 6.65. The van der Waals surface area contributed by atoms with Gasteiger partial charge in [-0.15, -0.1) is 5.10 Å². The molecule has 1 amide bonds. The molecule has 6 nitrogen and oxygen atoms in total. The highest BCUT2D eigenvalue weighted by molar-refractivity contribution is 5.91. The monoisotopic (exact) mass is 292 g/mol. The minimum atomic E-state index is -0.464. The summed E-state index contributed by atoms with van der Waals surface area (Å²) in [6.45, 7) is 2.36. The molecule has 21 heavy (non-hydrogen) atoms. The number of hydrogen-bond donors (Lipinski definition) is 2. The lowest BCUT2D eigenvalue weighted by Crippen LogP contribution is -2.26. The Balaban J connectivity index is 1.93. The van der Waals surface area contributed by atoms with E-state index in [-0.39, 0.29) is 17.4 Å². The Hall–Kier alpha value is -2.28. The van der Waals surface area contributed by atoms with Gasteiger partial charge in [0.05, 0.1) is 18.8 Å². The van der Waals surface area contributed by atoms with Gasteiger partial charge in [-0.1, -0.05) is 17.3 Å². The molecule has 1 heterocycles. The summed E-state index contributed by atoms with van der Waals surface area (Å²) in [6, 6.07) is 6.16. The molecule has 0 aliphatic rings. The van der Waals surface area contributed by atoms with Crippen LogP contribution >= 0.6 is 0 Å². The molecule has 1 aromatic heterocycles. The molecule has 2 rings (SSSR count). The number of rotatable bonds is 6. The minimum absolute atomic E-state index is 0.192. The molecule has 0 aliphatic carbocycles. The van der Waals surface area contributed by atoms with Crippen molar-refractivity contribution in [3.63, 3.8) is 0 Å². The Morgan fingerprint density at radius 1 is 1.52 bits per heavy atom. The second kappa shape index (κ2) is 6.94. The quantitative estimate of drug-likeness (QED) is 0.831. The zero-order valence-electron chi connectivity index (χ0n) is 11.7. The maximum absolute atomic E-state index is 13.1. The Labute approximate surface area is 121 Å². The molecule has 0 spiro atoms. The van der Waals surface area contributed by atoms with Gasteiger partial charge in [-0.25, -0.2) is 9.07 Å². The lowest BCUT2D eigenvalue weighted by Gasteiger charge is -2.04. The Morgan fingerprint density at radius 3 is 3.05 bits per heavy atom. The van der Waals surface area contributed by atoms with Crippen LogP contribution in [0.2, 0.25) is 0 Å². The first-order chi connectivity index (χ1) is 10.0. The first kappa shape index (κ1) is 15.1. The van der Waals surface area contributed by atoms with Crippen LogP contribution in [0.15, 0.2) is 30.5 Å². The number of aliphatic hydroxyl groups is 1. The number of carbonyl (C=O) groups excluding carboxylic acids is 1. The van der Waals surface area contributed by atoms with Gasteiger partial charge in [0, 0.05) is 6.54 Å². The predicted octanol–water partition coefficient (Wildman–Crippen LogP) is 0.966. The molecule has 2 aromatic rings. The molecule has 0 radical (unpaired) electrons. The average molecular weight is 292 g/mol. The minimum Gasteiger partial charge on any atom is -0.393 e. The topological polar surface area (TPSA) is 80.0 Å². The summed E-state index contributed by atoms with van der Waals surface area (Å²) in [7, 11) is 0. The molecule has 7 heteroatoms. The summed E-state index contributed by atoms with van der Waals surface area (Å²) in [5.74, 6) is -0.662. The fourth-order valence-corrected chi connectivity index (χ4v) is 1.79. The largest absolute Gasteiger partial charge is 0.393 e. The van der Waals surface area contributed by atoms with Crippen molar-refractivity contribution in [1.82, 2.24) is 20.3 Å². The average Bonchev–Trinajstić information content (AvgIpc) is 2.87. The van der Waals surface area contributed by atoms with Crippen LogP contribution in [0.4, 0.5) is 4.39 Å². The highest BCUT2D eigenvalue weighted by atomic mass is 19.1. The second-order valence-electron chi connectivity index (χ2n) is 4.82.